The van der Waals surface area contributed by atoms with Gasteiger partial charge in [-0.25, -0.2) is 4.79 Å². The van der Waals surface area contributed by atoms with Crippen molar-refractivity contribution in [3.05, 3.63) is 24.0 Å². The largest absolute Gasteiger partial charge is 0.477 e. The van der Waals surface area contributed by atoms with E-state index in [1.807, 2.05) is 16.8 Å². The van der Waals surface area contributed by atoms with Gasteiger partial charge in [-0.15, -0.1) is 0 Å². The molecule has 0 spiro atoms. The van der Waals surface area contributed by atoms with E-state index in [0.29, 0.717) is 11.7 Å². The number of hydrogen-bond acceptors (Lipinski definition) is 2. The van der Waals surface area contributed by atoms with Crippen LogP contribution < -0.4 is 0 Å². The fourth-order valence-electron chi connectivity index (χ4n) is 3.89. The summed E-state index contributed by atoms with van der Waals surface area (Å²) < 4.78 is 1.96. The molecule has 2 fully saturated rings. The number of carboxylic acid groups (broad SMARTS) is 1. The molecule has 116 valence electrons. The quantitative estimate of drug-likeness (QED) is 0.925. The number of carbonyl (C=O) groups is 1. The van der Waals surface area contributed by atoms with Gasteiger partial charge in [-0.1, -0.05) is 13.8 Å². The lowest BCUT2D eigenvalue weighted by atomic mass is 9.72. The topological polar surface area (TPSA) is 45.5 Å². The van der Waals surface area contributed by atoms with Gasteiger partial charge in [0.15, 0.2) is 0 Å². The molecular formula is C17H26N2O2. The molecule has 1 saturated carbocycles. The lowest BCUT2D eigenvalue weighted by molar-refractivity contribution is 0.0322. The van der Waals surface area contributed by atoms with Gasteiger partial charge in [-0.3, -0.25) is 0 Å². The minimum Gasteiger partial charge on any atom is -0.477 e. The van der Waals surface area contributed by atoms with Gasteiger partial charge in [0.05, 0.1) is 0 Å². The van der Waals surface area contributed by atoms with Crippen molar-refractivity contribution in [1.82, 2.24) is 9.47 Å². The number of likely N-dealkylation sites (tertiary alicyclic amines) is 1. The van der Waals surface area contributed by atoms with Crippen LogP contribution in [0.4, 0.5) is 0 Å². The zero-order chi connectivity index (χ0) is 15.0. The molecule has 0 amide bonds. The molecular weight excluding hydrogens is 264 g/mol. The molecule has 3 rings (SSSR count). The predicted octanol–water partition coefficient (Wildman–Crippen LogP) is 3.26. The summed E-state index contributed by atoms with van der Waals surface area (Å²) in [7, 11) is 0. The highest BCUT2D eigenvalue weighted by Gasteiger charge is 2.36. The lowest BCUT2D eigenvalue weighted by Gasteiger charge is -2.47. The van der Waals surface area contributed by atoms with Crippen LogP contribution in [0.25, 0.3) is 0 Å². The van der Waals surface area contributed by atoms with Crippen LogP contribution in [0.1, 0.15) is 56.1 Å². The summed E-state index contributed by atoms with van der Waals surface area (Å²) in [6.45, 7) is 6.87. The Kier molecular flexibility index (Phi) is 4.07. The number of piperidine rings is 1. The zero-order valence-electron chi connectivity index (χ0n) is 13.0. The van der Waals surface area contributed by atoms with Gasteiger partial charge in [0.2, 0.25) is 0 Å². The van der Waals surface area contributed by atoms with Crippen molar-refractivity contribution in [1.29, 1.82) is 0 Å². The highest BCUT2D eigenvalue weighted by Crippen LogP contribution is 2.38. The summed E-state index contributed by atoms with van der Waals surface area (Å²) in [5.41, 5.74) is 0.428. The molecule has 0 atom stereocenters. The molecule has 0 bridgehead atoms. The van der Waals surface area contributed by atoms with Crippen molar-refractivity contribution in [3.8, 4) is 0 Å². The normalized spacial score (nSPS) is 27.8. The summed E-state index contributed by atoms with van der Waals surface area (Å²) in [6.07, 6.45) is 6.76. The molecule has 21 heavy (non-hydrogen) atoms. The van der Waals surface area contributed by atoms with E-state index in [0.717, 1.165) is 43.8 Å². The Morgan fingerprint density at radius 2 is 1.90 bits per heavy atom. The summed E-state index contributed by atoms with van der Waals surface area (Å²) in [5.74, 6) is 0.911. The number of hydrogen-bond donors (Lipinski definition) is 1. The van der Waals surface area contributed by atoms with Crippen molar-refractivity contribution < 1.29 is 9.90 Å². The van der Waals surface area contributed by atoms with Crippen LogP contribution in [0.5, 0.6) is 0 Å². The Morgan fingerprint density at radius 3 is 2.48 bits per heavy atom. The van der Waals surface area contributed by atoms with E-state index < -0.39 is 5.97 Å². The van der Waals surface area contributed by atoms with Crippen LogP contribution >= 0.6 is 0 Å². The second-order valence-corrected chi connectivity index (χ2v) is 7.00. The van der Waals surface area contributed by atoms with Gasteiger partial charge < -0.3 is 14.6 Å². The van der Waals surface area contributed by atoms with Gasteiger partial charge in [-0.05, 0) is 49.7 Å². The average molecular weight is 290 g/mol. The lowest BCUT2D eigenvalue weighted by Crippen LogP contribution is -2.49. The van der Waals surface area contributed by atoms with Crippen LogP contribution in [0.3, 0.4) is 0 Å². The Bertz CT molecular complexity index is 495. The Morgan fingerprint density at radius 1 is 1.24 bits per heavy atom. The van der Waals surface area contributed by atoms with E-state index in [1.54, 1.807) is 6.07 Å². The second kappa shape index (κ2) is 5.84. The van der Waals surface area contributed by atoms with Crippen LogP contribution in [-0.2, 0) is 0 Å². The van der Waals surface area contributed by atoms with E-state index in [4.69, 9.17) is 0 Å². The number of rotatable bonds is 4. The Balaban J connectivity index is 1.54. The fourth-order valence-corrected chi connectivity index (χ4v) is 3.89. The Hall–Kier alpha value is -1.29. The van der Waals surface area contributed by atoms with Crippen LogP contribution in [0.15, 0.2) is 18.3 Å². The molecule has 2 aliphatic rings. The molecule has 1 aliphatic heterocycles. The molecule has 1 N–H and O–H groups in total. The van der Waals surface area contributed by atoms with Gasteiger partial charge >= 0.3 is 5.97 Å². The number of nitrogens with zero attached hydrogens (tertiary/aromatic N) is 2. The van der Waals surface area contributed by atoms with Crippen molar-refractivity contribution in [2.75, 3.05) is 13.1 Å². The van der Waals surface area contributed by atoms with Crippen molar-refractivity contribution in [2.45, 2.75) is 51.6 Å². The maximum Gasteiger partial charge on any atom is 0.352 e. The van der Waals surface area contributed by atoms with Gasteiger partial charge in [0, 0.05) is 31.4 Å². The van der Waals surface area contributed by atoms with Crippen LogP contribution in [0.2, 0.25) is 0 Å². The number of aromatic nitrogens is 1. The molecule has 1 aromatic heterocycles. The average Bonchev–Trinajstić information content (AvgIpc) is 2.86. The van der Waals surface area contributed by atoms with Crippen molar-refractivity contribution >= 4 is 5.97 Å². The highest BCUT2D eigenvalue weighted by atomic mass is 16.4. The minimum atomic E-state index is -0.818. The van der Waals surface area contributed by atoms with Crippen LogP contribution in [-0.4, -0.2) is 39.7 Å². The maximum absolute atomic E-state index is 11.2. The molecule has 0 aromatic carbocycles. The first-order chi connectivity index (χ1) is 10.1. The van der Waals surface area contributed by atoms with E-state index in [9.17, 15) is 9.90 Å². The molecule has 0 radical (unpaired) electrons. The number of aromatic carboxylic acids is 1. The third kappa shape index (κ3) is 2.86. The summed E-state index contributed by atoms with van der Waals surface area (Å²) in [4.78, 5) is 13.8. The monoisotopic (exact) mass is 290 g/mol. The summed E-state index contributed by atoms with van der Waals surface area (Å²) in [5, 5.41) is 9.22. The third-order valence-corrected chi connectivity index (χ3v) is 5.50. The standard InChI is InChI=1S/C17H26N2O2/c1-12(2)13-10-15(11-13)18-8-5-14(6-9-18)19-7-3-4-16(19)17(20)21/h3-4,7,12-15H,5-6,8-11H2,1-2H3,(H,20,21). The summed E-state index contributed by atoms with van der Waals surface area (Å²) >= 11 is 0. The van der Waals surface area contributed by atoms with Gasteiger partial charge in [0.25, 0.3) is 0 Å². The molecule has 1 aromatic rings. The first-order valence-electron chi connectivity index (χ1n) is 8.20. The molecule has 4 nitrogen and oxygen atoms in total. The van der Waals surface area contributed by atoms with Gasteiger partial charge in [-0.2, -0.15) is 0 Å². The predicted molar refractivity (Wildman–Crippen MR) is 82.6 cm³/mol. The minimum absolute atomic E-state index is 0.350. The summed E-state index contributed by atoms with van der Waals surface area (Å²) in [6, 6.07) is 4.67. The third-order valence-electron chi connectivity index (χ3n) is 5.50. The maximum atomic E-state index is 11.2. The van der Waals surface area contributed by atoms with Crippen LogP contribution in [0, 0.1) is 11.8 Å². The smallest absolute Gasteiger partial charge is 0.352 e. The molecule has 0 unspecified atom stereocenters. The first kappa shape index (κ1) is 14.6. The van der Waals surface area contributed by atoms with Crippen molar-refractivity contribution in [2.24, 2.45) is 11.8 Å². The SMILES string of the molecule is CC(C)C1CC(N2CCC(n3cccc3C(=O)O)CC2)C1. The van der Waals surface area contributed by atoms with E-state index in [1.165, 1.54) is 12.8 Å². The molecule has 2 heterocycles. The molecule has 1 saturated heterocycles. The van der Waals surface area contributed by atoms with E-state index in [-0.39, 0.29) is 0 Å². The zero-order valence-corrected chi connectivity index (χ0v) is 13.0. The first-order valence-corrected chi connectivity index (χ1v) is 8.20. The fraction of sp³-hybridized carbons (Fsp3) is 0.706. The molecule has 1 aliphatic carbocycles. The van der Waals surface area contributed by atoms with E-state index in [2.05, 4.69) is 18.7 Å². The van der Waals surface area contributed by atoms with Crippen molar-refractivity contribution in [3.63, 3.8) is 0 Å². The van der Waals surface area contributed by atoms with Gasteiger partial charge in [0.1, 0.15) is 5.69 Å². The van der Waals surface area contributed by atoms with E-state index >= 15 is 0 Å². The number of carboxylic acids is 1. The molecule has 4 heteroatoms. The Labute approximate surface area is 126 Å². The second-order valence-electron chi connectivity index (χ2n) is 7.00. The highest BCUT2D eigenvalue weighted by molar-refractivity contribution is 5.85.